The minimum atomic E-state index is -1.19. The Bertz CT molecular complexity index is 1250. The third-order valence-corrected chi connectivity index (χ3v) is 6.05. The van der Waals surface area contributed by atoms with Gasteiger partial charge in [-0.2, -0.15) is 5.26 Å². The lowest BCUT2D eigenvalue weighted by Crippen LogP contribution is -2.33. The van der Waals surface area contributed by atoms with Crippen LogP contribution in [-0.4, -0.2) is 11.0 Å². The van der Waals surface area contributed by atoms with Crippen LogP contribution in [0.4, 0.5) is 0 Å². The first kappa shape index (κ1) is 26.5. The smallest absolute Gasteiger partial charge is 0.311 e. The first-order valence-corrected chi connectivity index (χ1v) is 12.2. The standard InChI is InChI=1S/C28H28Cl2N2O3/c1-17(2)22(15-25(29)30)27(18(3)4)28(33)35-24(16-31)23-10-7-11-26(32-23)34-21-13-12-19-8-5-6-9-20(19)14-21/h5-15,17-18,22,24,27H,1-4H3. The number of hydrogen-bond acceptors (Lipinski definition) is 5. The van der Waals surface area contributed by atoms with Crippen LogP contribution in [0.15, 0.2) is 71.2 Å². The number of ether oxygens (including phenoxy) is 2. The Balaban J connectivity index is 1.81. The van der Waals surface area contributed by atoms with E-state index in [0.29, 0.717) is 11.6 Å². The third kappa shape index (κ3) is 6.97. The maximum Gasteiger partial charge on any atom is 0.311 e. The second-order valence-electron chi connectivity index (χ2n) is 9.01. The van der Waals surface area contributed by atoms with Crippen molar-refractivity contribution in [2.45, 2.75) is 33.8 Å². The van der Waals surface area contributed by atoms with Crippen molar-refractivity contribution in [1.29, 1.82) is 5.26 Å². The van der Waals surface area contributed by atoms with Gasteiger partial charge in [-0.25, -0.2) is 4.98 Å². The predicted octanol–water partition coefficient (Wildman–Crippen LogP) is 8.00. The Morgan fingerprint density at radius 1 is 0.971 bits per heavy atom. The molecule has 3 unspecified atom stereocenters. The van der Waals surface area contributed by atoms with Gasteiger partial charge in [0.1, 0.15) is 16.3 Å². The number of nitrogens with zero attached hydrogens (tertiary/aromatic N) is 2. The first-order chi connectivity index (χ1) is 16.7. The van der Waals surface area contributed by atoms with Gasteiger partial charge in [-0.05, 0) is 52.8 Å². The highest BCUT2D eigenvalue weighted by molar-refractivity contribution is 6.55. The van der Waals surface area contributed by atoms with Gasteiger partial charge in [0.15, 0.2) is 0 Å². The number of benzene rings is 2. The molecule has 2 aromatic carbocycles. The van der Waals surface area contributed by atoms with Gasteiger partial charge in [0.25, 0.3) is 0 Å². The van der Waals surface area contributed by atoms with Gasteiger partial charge in [0.2, 0.25) is 12.0 Å². The Labute approximate surface area is 216 Å². The van der Waals surface area contributed by atoms with Gasteiger partial charge in [0.05, 0.1) is 11.6 Å². The largest absolute Gasteiger partial charge is 0.440 e. The lowest BCUT2D eigenvalue weighted by molar-refractivity contribution is -0.156. The number of nitriles is 1. The first-order valence-electron chi connectivity index (χ1n) is 11.5. The van der Waals surface area contributed by atoms with Crippen LogP contribution < -0.4 is 4.74 Å². The van der Waals surface area contributed by atoms with E-state index in [-0.39, 0.29) is 27.9 Å². The molecule has 5 nitrogen and oxygen atoms in total. The molecule has 0 aliphatic carbocycles. The van der Waals surface area contributed by atoms with Crippen LogP contribution >= 0.6 is 23.2 Å². The number of esters is 1. The fourth-order valence-electron chi connectivity index (χ4n) is 4.06. The van der Waals surface area contributed by atoms with Gasteiger partial charge in [-0.15, -0.1) is 0 Å². The number of pyridine rings is 1. The minimum Gasteiger partial charge on any atom is -0.440 e. The summed E-state index contributed by atoms with van der Waals surface area (Å²) in [4.78, 5) is 17.6. The lowest BCUT2D eigenvalue weighted by atomic mass is 9.77. The SMILES string of the molecule is CC(C)C(C=C(Cl)Cl)C(C(=O)OC(C#N)c1cccc(Oc2ccc3ccccc3c2)n1)C(C)C. The summed E-state index contributed by atoms with van der Waals surface area (Å²) in [5.74, 6) is -0.348. The summed E-state index contributed by atoms with van der Waals surface area (Å²) in [6.45, 7) is 7.82. The van der Waals surface area contributed by atoms with Gasteiger partial charge in [-0.1, -0.05) is 87.3 Å². The molecule has 0 radical (unpaired) electrons. The number of aromatic nitrogens is 1. The predicted molar refractivity (Wildman–Crippen MR) is 139 cm³/mol. The zero-order chi connectivity index (χ0) is 25.5. The number of carbonyl (C=O) groups is 1. The van der Waals surface area contributed by atoms with Crippen LogP contribution in [0.25, 0.3) is 10.8 Å². The van der Waals surface area contributed by atoms with Gasteiger partial charge in [-0.3, -0.25) is 4.79 Å². The highest BCUT2D eigenvalue weighted by atomic mass is 35.5. The number of carbonyl (C=O) groups excluding carboxylic acids is 1. The van der Waals surface area contributed by atoms with E-state index in [1.807, 2.05) is 76.2 Å². The molecule has 3 atom stereocenters. The molecule has 0 aliphatic rings. The van der Waals surface area contributed by atoms with Crippen molar-refractivity contribution in [3.63, 3.8) is 0 Å². The molecule has 1 heterocycles. The monoisotopic (exact) mass is 510 g/mol. The molecule has 0 spiro atoms. The van der Waals surface area contributed by atoms with E-state index in [1.54, 1.807) is 24.3 Å². The fraction of sp³-hybridized carbons (Fsp3) is 0.321. The normalized spacial score (nSPS) is 13.7. The number of fused-ring (bicyclic) bond motifs is 1. The van der Waals surface area contributed by atoms with Gasteiger partial charge < -0.3 is 9.47 Å². The number of allylic oxidation sites excluding steroid dienone is 1. The number of hydrogen-bond donors (Lipinski definition) is 0. The van der Waals surface area contributed by atoms with Crippen molar-refractivity contribution in [2.24, 2.45) is 23.7 Å². The fourth-order valence-corrected chi connectivity index (χ4v) is 4.35. The lowest BCUT2D eigenvalue weighted by Gasteiger charge is -2.29. The second kappa shape index (κ2) is 12.1. The van der Waals surface area contributed by atoms with Crippen LogP contribution in [0.5, 0.6) is 11.6 Å². The molecule has 0 N–H and O–H groups in total. The van der Waals surface area contributed by atoms with Crippen molar-refractivity contribution in [1.82, 2.24) is 4.98 Å². The molecule has 0 bridgehead atoms. The molecule has 3 aromatic rings. The highest BCUT2D eigenvalue weighted by Crippen LogP contribution is 2.34. The average molecular weight is 511 g/mol. The molecule has 35 heavy (non-hydrogen) atoms. The molecule has 3 rings (SSSR count). The molecule has 7 heteroatoms. The second-order valence-corrected chi connectivity index (χ2v) is 10.0. The summed E-state index contributed by atoms with van der Waals surface area (Å²) in [5, 5.41) is 11.9. The quantitative estimate of drug-likeness (QED) is 0.272. The van der Waals surface area contributed by atoms with E-state index < -0.39 is 18.0 Å². The Hall–Kier alpha value is -3.07. The summed E-state index contributed by atoms with van der Waals surface area (Å²) in [6.07, 6.45) is 0.476. The van der Waals surface area contributed by atoms with Crippen molar-refractivity contribution >= 4 is 39.9 Å². The van der Waals surface area contributed by atoms with Crippen molar-refractivity contribution < 1.29 is 14.3 Å². The van der Waals surface area contributed by atoms with E-state index in [4.69, 9.17) is 32.7 Å². The summed E-state index contributed by atoms with van der Waals surface area (Å²) in [6, 6.07) is 20.8. The Morgan fingerprint density at radius 3 is 2.31 bits per heavy atom. The molecule has 182 valence electrons. The zero-order valence-electron chi connectivity index (χ0n) is 20.1. The van der Waals surface area contributed by atoms with Crippen molar-refractivity contribution in [3.05, 3.63) is 76.9 Å². The highest BCUT2D eigenvalue weighted by Gasteiger charge is 2.35. The van der Waals surface area contributed by atoms with Gasteiger partial charge in [0, 0.05) is 6.07 Å². The van der Waals surface area contributed by atoms with Crippen LogP contribution in [0.2, 0.25) is 0 Å². The molecular formula is C28H28Cl2N2O3. The maximum atomic E-state index is 13.2. The molecule has 0 saturated carbocycles. The van der Waals surface area contributed by atoms with E-state index in [2.05, 4.69) is 4.98 Å². The van der Waals surface area contributed by atoms with Crippen LogP contribution in [-0.2, 0) is 9.53 Å². The average Bonchev–Trinajstić information content (AvgIpc) is 2.81. The van der Waals surface area contributed by atoms with Crippen LogP contribution in [0, 0.1) is 35.0 Å². The molecule has 0 amide bonds. The van der Waals surface area contributed by atoms with E-state index >= 15 is 0 Å². The van der Waals surface area contributed by atoms with Gasteiger partial charge >= 0.3 is 5.97 Å². The number of rotatable bonds is 9. The summed E-state index contributed by atoms with van der Waals surface area (Å²) in [7, 11) is 0. The molecule has 0 fully saturated rings. The maximum absolute atomic E-state index is 13.2. The van der Waals surface area contributed by atoms with E-state index in [0.717, 1.165) is 10.8 Å². The van der Waals surface area contributed by atoms with Crippen LogP contribution in [0.3, 0.4) is 0 Å². The summed E-state index contributed by atoms with van der Waals surface area (Å²) in [5.41, 5.74) is 0.286. The molecule has 0 aliphatic heterocycles. The van der Waals surface area contributed by atoms with E-state index in [9.17, 15) is 10.1 Å². The van der Waals surface area contributed by atoms with Crippen molar-refractivity contribution in [2.75, 3.05) is 0 Å². The molecular weight excluding hydrogens is 483 g/mol. The zero-order valence-corrected chi connectivity index (χ0v) is 21.6. The molecule has 1 aromatic heterocycles. The van der Waals surface area contributed by atoms with Crippen molar-refractivity contribution in [3.8, 4) is 17.7 Å². The third-order valence-electron chi connectivity index (χ3n) is 5.80. The Morgan fingerprint density at radius 2 is 1.69 bits per heavy atom. The molecule has 0 saturated heterocycles. The topological polar surface area (TPSA) is 72.2 Å². The minimum absolute atomic E-state index is 0.0614. The summed E-state index contributed by atoms with van der Waals surface area (Å²) < 4.78 is 11.7. The van der Waals surface area contributed by atoms with E-state index in [1.165, 1.54) is 0 Å². The number of halogens is 2. The van der Waals surface area contributed by atoms with Crippen LogP contribution in [0.1, 0.15) is 39.5 Å². The summed E-state index contributed by atoms with van der Waals surface area (Å²) >= 11 is 11.8. The Kier molecular flexibility index (Phi) is 9.14.